The van der Waals surface area contributed by atoms with Crippen LogP contribution in [0.3, 0.4) is 0 Å². The second-order valence-corrected chi connectivity index (χ2v) is 14.9. The van der Waals surface area contributed by atoms with Gasteiger partial charge in [-0.3, -0.25) is 0 Å². The summed E-state index contributed by atoms with van der Waals surface area (Å²) in [6, 6.07) is 72.2. The minimum Gasteiger partial charge on any atom is -0.456 e. The molecule has 0 radical (unpaired) electrons. The van der Waals surface area contributed by atoms with E-state index in [9.17, 15) is 0 Å². The first-order valence-electron chi connectivity index (χ1n) is 19.2. The Morgan fingerprint density at radius 1 is 0.321 bits per heavy atom. The van der Waals surface area contributed by atoms with E-state index in [2.05, 4.69) is 193 Å². The molecule has 0 unspecified atom stereocenters. The first kappa shape index (κ1) is 31.0. The Morgan fingerprint density at radius 2 is 0.839 bits per heavy atom. The molecule has 0 spiro atoms. The number of anilines is 3. The zero-order valence-corrected chi connectivity index (χ0v) is 30.3. The Morgan fingerprint density at radius 3 is 1.57 bits per heavy atom. The molecule has 3 heteroatoms. The molecule has 262 valence electrons. The van der Waals surface area contributed by atoms with Crippen LogP contribution in [0, 0.1) is 0 Å². The summed E-state index contributed by atoms with van der Waals surface area (Å²) in [7, 11) is 0. The third kappa shape index (κ3) is 4.40. The lowest BCUT2D eigenvalue weighted by molar-refractivity contribution is 0.668. The fourth-order valence-electron chi connectivity index (χ4n) is 9.48. The normalized spacial score (nSPS) is 13.1. The lowest BCUT2D eigenvalue weighted by atomic mass is 9.67. The summed E-state index contributed by atoms with van der Waals surface area (Å²) in [4.78, 5) is 2.34. The molecule has 0 amide bonds. The topological polar surface area (TPSA) is 29.5 Å². The van der Waals surface area contributed by atoms with Crippen molar-refractivity contribution in [2.45, 2.75) is 5.41 Å². The predicted molar refractivity (Wildman–Crippen MR) is 230 cm³/mol. The highest BCUT2D eigenvalue weighted by Crippen LogP contribution is 2.56. The molecule has 0 bridgehead atoms. The minimum atomic E-state index is -0.495. The lowest BCUT2D eigenvalue weighted by Crippen LogP contribution is -2.28. The number of fused-ring (bicyclic) bond motifs is 10. The number of nitrogens with zero attached hydrogens (tertiary/aromatic N) is 1. The highest BCUT2D eigenvalue weighted by atomic mass is 16.3. The van der Waals surface area contributed by atoms with Crippen molar-refractivity contribution in [1.29, 1.82) is 0 Å². The van der Waals surface area contributed by atoms with Gasteiger partial charge in [0.05, 0.1) is 5.41 Å². The minimum absolute atomic E-state index is 0.495. The van der Waals surface area contributed by atoms with Crippen LogP contribution in [0.1, 0.15) is 22.3 Å². The van der Waals surface area contributed by atoms with Crippen LogP contribution in [0.2, 0.25) is 0 Å². The summed E-state index contributed by atoms with van der Waals surface area (Å²) in [5.74, 6) is 0. The van der Waals surface area contributed by atoms with Gasteiger partial charge in [0.1, 0.15) is 22.3 Å². The second-order valence-electron chi connectivity index (χ2n) is 14.9. The fourth-order valence-corrected chi connectivity index (χ4v) is 9.48. The SMILES string of the molecule is c1ccc(N(c2cccc(C3(c4ccccc4)c4ccccc4-c4ccccc43)c2)c2ccc3c(c2)oc2cc4cc5oc6ccccc6c5cc4cc23)cc1. The van der Waals surface area contributed by atoms with E-state index in [-0.39, 0.29) is 0 Å². The van der Waals surface area contributed by atoms with E-state index in [0.717, 1.165) is 71.7 Å². The number of hydrogen-bond acceptors (Lipinski definition) is 3. The first-order chi connectivity index (χ1) is 27.7. The number of rotatable bonds is 5. The molecule has 0 aliphatic heterocycles. The lowest BCUT2D eigenvalue weighted by Gasteiger charge is -2.35. The zero-order valence-electron chi connectivity index (χ0n) is 30.3. The van der Waals surface area contributed by atoms with Crippen LogP contribution >= 0.6 is 0 Å². The van der Waals surface area contributed by atoms with Gasteiger partial charge in [0, 0.05) is 44.7 Å². The molecule has 2 heterocycles. The molecule has 56 heavy (non-hydrogen) atoms. The molecule has 0 saturated heterocycles. The van der Waals surface area contributed by atoms with Crippen LogP contribution < -0.4 is 4.90 Å². The second kappa shape index (κ2) is 11.8. The number of para-hydroxylation sites is 2. The van der Waals surface area contributed by atoms with Crippen molar-refractivity contribution in [3.63, 3.8) is 0 Å². The van der Waals surface area contributed by atoms with Gasteiger partial charge in [-0.1, -0.05) is 127 Å². The summed E-state index contributed by atoms with van der Waals surface area (Å²) >= 11 is 0. The van der Waals surface area contributed by atoms with Gasteiger partial charge in [-0.25, -0.2) is 0 Å². The van der Waals surface area contributed by atoms with Crippen molar-refractivity contribution < 1.29 is 8.83 Å². The Kier molecular flexibility index (Phi) is 6.55. The van der Waals surface area contributed by atoms with Crippen LogP contribution in [-0.2, 0) is 5.41 Å². The molecule has 11 aromatic rings. The van der Waals surface area contributed by atoms with Gasteiger partial charge in [0.2, 0.25) is 0 Å². The maximum absolute atomic E-state index is 6.69. The van der Waals surface area contributed by atoms with E-state index in [1.54, 1.807) is 0 Å². The van der Waals surface area contributed by atoms with Crippen molar-refractivity contribution in [1.82, 2.24) is 0 Å². The highest BCUT2D eigenvalue weighted by Gasteiger charge is 2.46. The molecular formula is C53H33NO2. The molecular weight excluding hydrogens is 683 g/mol. The van der Waals surface area contributed by atoms with Gasteiger partial charge in [0.15, 0.2) is 0 Å². The van der Waals surface area contributed by atoms with E-state index < -0.39 is 5.41 Å². The molecule has 0 fully saturated rings. The van der Waals surface area contributed by atoms with Crippen molar-refractivity contribution in [3.05, 3.63) is 222 Å². The van der Waals surface area contributed by atoms with Crippen molar-refractivity contribution in [2.24, 2.45) is 0 Å². The maximum Gasteiger partial charge on any atom is 0.137 e. The molecule has 3 nitrogen and oxygen atoms in total. The average molecular weight is 716 g/mol. The highest BCUT2D eigenvalue weighted by molar-refractivity contribution is 6.15. The quantitative estimate of drug-likeness (QED) is 0.178. The summed E-state index contributed by atoms with van der Waals surface area (Å²) in [6.45, 7) is 0. The Balaban J connectivity index is 1.04. The third-order valence-electron chi connectivity index (χ3n) is 11.9. The van der Waals surface area contributed by atoms with Gasteiger partial charge >= 0.3 is 0 Å². The van der Waals surface area contributed by atoms with E-state index in [1.807, 2.05) is 12.1 Å². The van der Waals surface area contributed by atoms with Gasteiger partial charge < -0.3 is 13.7 Å². The Labute approximate surface area is 323 Å². The molecule has 2 aromatic heterocycles. The summed E-state index contributed by atoms with van der Waals surface area (Å²) in [6.07, 6.45) is 0. The molecule has 9 aromatic carbocycles. The van der Waals surface area contributed by atoms with Gasteiger partial charge in [-0.05, 0) is 111 Å². The number of benzene rings is 9. The van der Waals surface area contributed by atoms with E-state index >= 15 is 0 Å². The monoisotopic (exact) mass is 715 g/mol. The molecule has 1 aliphatic carbocycles. The predicted octanol–water partition coefficient (Wildman–Crippen LogP) is 14.5. The molecule has 0 N–H and O–H groups in total. The molecule has 0 atom stereocenters. The molecule has 0 saturated carbocycles. The van der Waals surface area contributed by atoms with Crippen molar-refractivity contribution in [2.75, 3.05) is 4.90 Å². The van der Waals surface area contributed by atoms with Crippen molar-refractivity contribution in [3.8, 4) is 11.1 Å². The van der Waals surface area contributed by atoms with Crippen LogP contribution in [0.25, 0.3) is 65.8 Å². The largest absolute Gasteiger partial charge is 0.456 e. The fraction of sp³-hybridized carbons (Fsp3) is 0.0189. The Bertz CT molecular complexity index is 3270. The maximum atomic E-state index is 6.69. The van der Waals surface area contributed by atoms with Crippen LogP contribution in [0.5, 0.6) is 0 Å². The van der Waals surface area contributed by atoms with Gasteiger partial charge in [-0.15, -0.1) is 0 Å². The van der Waals surface area contributed by atoms with E-state index in [1.165, 1.54) is 33.4 Å². The number of hydrogen-bond donors (Lipinski definition) is 0. The summed E-state index contributed by atoms with van der Waals surface area (Å²) < 4.78 is 12.9. The Hall–Kier alpha value is -7.36. The van der Waals surface area contributed by atoms with Crippen LogP contribution in [-0.4, -0.2) is 0 Å². The van der Waals surface area contributed by atoms with Gasteiger partial charge in [-0.2, -0.15) is 0 Å². The average Bonchev–Trinajstić information content (AvgIpc) is 3.90. The number of furan rings is 2. The van der Waals surface area contributed by atoms with E-state index in [0.29, 0.717) is 0 Å². The van der Waals surface area contributed by atoms with E-state index in [4.69, 9.17) is 8.83 Å². The molecule has 1 aliphatic rings. The van der Waals surface area contributed by atoms with Crippen LogP contribution in [0.4, 0.5) is 17.1 Å². The smallest absolute Gasteiger partial charge is 0.137 e. The zero-order chi connectivity index (χ0) is 36.8. The van der Waals surface area contributed by atoms with Crippen LogP contribution in [0.15, 0.2) is 209 Å². The summed E-state index contributed by atoms with van der Waals surface area (Å²) in [5.41, 5.74) is 13.8. The summed E-state index contributed by atoms with van der Waals surface area (Å²) in [5, 5.41) is 6.70. The first-order valence-corrected chi connectivity index (χ1v) is 19.2. The van der Waals surface area contributed by atoms with Crippen molar-refractivity contribution >= 4 is 71.7 Å². The standard InChI is InChI=1S/C53H33NO2/c1-3-14-36(15-4-1)53(47-23-10-7-20-41(47)42-21-8-11-24-48(42)53)37-16-13-19-39(32-37)54(38-17-5-2-6-18-38)40-26-27-44-46-29-34-28-45-43-22-9-12-25-49(43)55-50(45)30-35(34)31-51(46)56-52(44)33-40/h1-33H. The third-order valence-corrected chi connectivity index (χ3v) is 11.9. The molecule has 12 rings (SSSR count). The van der Waals surface area contributed by atoms with Gasteiger partial charge in [0.25, 0.3) is 0 Å².